The molecule has 0 aliphatic carbocycles. The number of carbonyl (C=O) groups is 2. The second-order valence-corrected chi connectivity index (χ2v) is 9.08. The fraction of sp³-hybridized carbons (Fsp3) is 0.160. The zero-order chi connectivity index (χ0) is 26.3. The topological polar surface area (TPSA) is 108 Å². The van der Waals surface area contributed by atoms with Crippen LogP contribution in [0.4, 0.5) is 20.2 Å². The van der Waals surface area contributed by atoms with E-state index in [9.17, 15) is 18.4 Å². The van der Waals surface area contributed by atoms with Crippen molar-refractivity contribution in [2.24, 2.45) is 0 Å². The number of hydrogen-bond donors (Lipinski definition) is 2. The van der Waals surface area contributed by atoms with Crippen molar-refractivity contribution in [1.82, 2.24) is 4.98 Å². The van der Waals surface area contributed by atoms with Crippen LogP contribution in [0.15, 0.2) is 48.5 Å². The van der Waals surface area contributed by atoms with Gasteiger partial charge in [-0.1, -0.05) is 0 Å². The molecule has 0 fully saturated rings. The average Bonchev–Trinajstić information content (AvgIpc) is 3.39. The molecule has 9 nitrogen and oxygen atoms in total. The van der Waals surface area contributed by atoms with Crippen molar-refractivity contribution in [3.63, 3.8) is 0 Å². The summed E-state index contributed by atoms with van der Waals surface area (Å²) >= 11 is 1.35. The Hall–Kier alpha value is -4.45. The molecule has 4 aromatic rings. The lowest BCUT2D eigenvalue weighted by Gasteiger charge is -2.15. The van der Waals surface area contributed by atoms with E-state index in [2.05, 4.69) is 25.1 Å². The third-order valence-corrected chi connectivity index (χ3v) is 6.46. The predicted octanol–water partition coefficient (Wildman–Crippen LogP) is 5.45. The minimum Gasteiger partial charge on any atom is -0.497 e. The maximum Gasteiger partial charge on any atom is 0.586 e. The van der Waals surface area contributed by atoms with Gasteiger partial charge in [-0.2, -0.15) is 0 Å². The lowest BCUT2D eigenvalue weighted by atomic mass is 10.1. The predicted molar refractivity (Wildman–Crippen MR) is 132 cm³/mol. The summed E-state index contributed by atoms with van der Waals surface area (Å²) in [6.07, 6.45) is -3.78. The Morgan fingerprint density at radius 1 is 0.946 bits per heavy atom. The molecule has 2 N–H and O–H groups in total. The molecule has 190 valence electrons. The van der Waals surface area contributed by atoms with Crippen LogP contribution in [0.25, 0.3) is 10.2 Å². The maximum atomic E-state index is 13.5. The fourth-order valence-corrected chi connectivity index (χ4v) is 4.78. The first kappa shape index (κ1) is 24.3. The number of amides is 2. The van der Waals surface area contributed by atoms with Gasteiger partial charge in [0.05, 0.1) is 40.7 Å². The number of ether oxygens (including phenoxy) is 4. The number of hydrogen-bond acceptors (Lipinski definition) is 8. The highest BCUT2D eigenvalue weighted by Crippen LogP contribution is 2.42. The first-order valence-corrected chi connectivity index (χ1v) is 11.6. The number of thiazole rings is 1. The molecule has 0 bridgehead atoms. The van der Waals surface area contributed by atoms with E-state index in [1.54, 1.807) is 18.2 Å². The van der Waals surface area contributed by atoms with Crippen LogP contribution in [0.2, 0.25) is 0 Å². The van der Waals surface area contributed by atoms with Gasteiger partial charge >= 0.3 is 6.29 Å². The zero-order valence-corrected chi connectivity index (χ0v) is 20.5. The maximum absolute atomic E-state index is 13.5. The summed E-state index contributed by atoms with van der Waals surface area (Å²) < 4.78 is 46.8. The molecule has 1 aromatic heterocycles. The standard InChI is InChI=1S/C25H19F2N3O6S/c1-12-28-16-7-9-19(34-3)21(22(16)37-12)24(32)30-17-11-14(33-2)5-6-15(17)23(31)29-13-4-8-18-20(10-13)36-25(26,27)35-18/h4-11H,1-3H3,(H,29,31)(H,30,32). The first-order chi connectivity index (χ1) is 17.7. The normalized spacial score (nSPS) is 13.3. The smallest absolute Gasteiger partial charge is 0.497 e. The van der Waals surface area contributed by atoms with Gasteiger partial charge in [0.1, 0.15) is 17.1 Å². The highest BCUT2D eigenvalue weighted by molar-refractivity contribution is 7.19. The number of rotatable bonds is 6. The highest BCUT2D eigenvalue weighted by atomic mass is 32.1. The number of halogens is 2. The van der Waals surface area contributed by atoms with Crippen LogP contribution in [0.1, 0.15) is 25.7 Å². The average molecular weight is 528 g/mol. The van der Waals surface area contributed by atoms with Gasteiger partial charge < -0.3 is 29.6 Å². The van der Waals surface area contributed by atoms with E-state index < -0.39 is 18.1 Å². The van der Waals surface area contributed by atoms with Crippen molar-refractivity contribution >= 4 is 44.7 Å². The van der Waals surface area contributed by atoms with Crippen molar-refractivity contribution in [3.05, 3.63) is 64.7 Å². The van der Waals surface area contributed by atoms with Gasteiger partial charge in [-0.15, -0.1) is 20.1 Å². The minimum absolute atomic E-state index is 0.101. The number of anilines is 2. The summed E-state index contributed by atoms with van der Waals surface area (Å²) in [5.74, 6) is -0.746. The summed E-state index contributed by atoms with van der Waals surface area (Å²) in [6, 6.07) is 11.8. The molecule has 37 heavy (non-hydrogen) atoms. The molecule has 0 saturated heterocycles. The van der Waals surface area contributed by atoms with Crippen molar-refractivity contribution in [1.29, 1.82) is 0 Å². The summed E-state index contributed by atoms with van der Waals surface area (Å²) in [6.45, 7) is 1.83. The molecule has 0 atom stereocenters. The van der Waals surface area contributed by atoms with Crippen molar-refractivity contribution in [2.75, 3.05) is 24.9 Å². The monoisotopic (exact) mass is 527 g/mol. The quantitative estimate of drug-likeness (QED) is 0.343. The second kappa shape index (κ2) is 9.21. The highest BCUT2D eigenvalue weighted by Gasteiger charge is 2.43. The Labute approximate surface area is 212 Å². The molecule has 12 heteroatoms. The number of nitrogens with one attached hydrogen (secondary N) is 2. The molecule has 2 heterocycles. The van der Waals surface area contributed by atoms with Gasteiger partial charge in [0.2, 0.25) is 0 Å². The summed E-state index contributed by atoms with van der Waals surface area (Å²) in [5, 5.41) is 6.17. The number of aryl methyl sites for hydroxylation is 1. The summed E-state index contributed by atoms with van der Waals surface area (Å²) in [5.41, 5.74) is 1.37. The van der Waals surface area contributed by atoms with Crippen LogP contribution in [0.5, 0.6) is 23.0 Å². The molecular formula is C25H19F2N3O6S. The number of methoxy groups -OCH3 is 2. The number of fused-ring (bicyclic) bond motifs is 2. The van der Waals surface area contributed by atoms with Crippen LogP contribution >= 0.6 is 11.3 Å². The Morgan fingerprint density at radius 3 is 2.49 bits per heavy atom. The molecule has 0 spiro atoms. The van der Waals surface area contributed by atoms with E-state index in [0.29, 0.717) is 21.7 Å². The van der Waals surface area contributed by atoms with Crippen LogP contribution in [0, 0.1) is 6.92 Å². The molecule has 0 unspecified atom stereocenters. The summed E-state index contributed by atoms with van der Waals surface area (Å²) in [4.78, 5) is 31.0. The lowest BCUT2D eigenvalue weighted by molar-refractivity contribution is -0.286. The van der Waals surface area contributed by atoms with Crippen LogP contribution < -0.4 is 29.6 Å². The number of nitrogens with zero attached hydrogens (tertiary/aromatic N) is 1. The summed E-state index contributed by atoms with van der Waals surface area (Å²) in [7, 11) is 2.91. The van der Waals surface area contributed by atoms with Crippen molar-refractivity contribution in [2.45, 2.75) is 13.2 Å². The van der Waals surface area contributed by atoms with Gasteiger partial charge in [-0.25, -0.2) is 4.98 Å². The largest absolute Gasteiger partial charge is 0.586 e. The van der Waals surface area contributed by atoms with Crippen molar-refractivity contribution < 1.29 is 37.3 Å². The Kier molecular flexibility index (Phi) is 6.04. The SMILES string of the molecule is COc1ccc(C(=O)Nc2ccc3c(c2)OC(F)(F)O3)c(NC(=O)c2c(OC)ccc3nc(C)sc23)c1. The van der Waals surface area contributed by atoms with Crippen LogP contribution in [-0.4, -0.2) is 37.3 Å². The first-order valence-electron chi connectivity index (χ1n) is 10.8. The number of benzene rings is 3. The third-order valence-electron chi connectivity index (χ3n) is 5.45. The molecule has 1 aliphatic heterocycles. The molecule has 1 aliphatic rings. The van der Waals surface area contributed by atoms with Gasteiger partial charge in [-0.05, 0) is 43.3 Å². The fourth-order valence-electron chi connectivity index (χ4n) is 3.83. The molecule has 5 rings (SSSR count). The Bertz CT molecular complexity index is 1560. The van der Waals surface area contributed by atoms with E-state index in [4.69, 9.17) is 9.47 Å². The van der Waals surface area contributed by atoms with Crippen molar-refractivity contribution in [3.8, 4) is 23.0 Å². The van der Waals surface area contributed by atoms with E-state index in [-0.39, 0.29) is 34.0 Å². The van der Waals surface area contributed by atoms with Crippen LogP contribution in [-0.2, 0) is 0 Å². The van der Waals surface area contributed by atoms with Crippen LogP contribution in [0.3, 0.4) is 0 Å². The molecule has 3 aromatic carbocycles. The van der Waals surface area contributed by atoms with E-state index >= 15 is 0 Å². The van der Waals surface area contributed by atoms with E-state index in [1.165, 1.54) is 55.9 Å². The number of aromatic nitrogens is 1. The molecule has 2 amide bonds. The van der Waals surface area contributed by atoms with Gasteiger partial charge in [0.25, 0.3) is 11.8 Å². The minimum atomic E-state index is -3.78. The molecular weight excluding hydrogens is 508 g/mol. The Morgan fingerprint density at radius 2 is 1.73 bits per heavy atom. The molecule has 0 saturated carbocycles. The lowest BCUT2D eigenvalue weighted by Crippen LogP contribution is -2.25. The van der Waals surface area contributed by atoms with E-state index in [0.717, 1.165) is 5.01 Å². The Balaban J connectivity index is 1.46. The number of alkyl halides is 2. The van der Waals surface area contributed by atoms with Gasteiger partial charge in [0.15, 0.2) is 11.5 Å². The van der Waals surface area contributed by atoms with Gasteiger partial charge in [-0.3, -0.25) is 9.59 Å². The van der Waals surface area contributed by atoms with E-state index in [1.807, 2.05) is 6.92 Å². The second-order valence-electron chi connectivity index (χ2n) is 7.87. The third kappa shape index (κ3) is 4.70. The molecule has 0 radical (unpaired) electrons. The zero-order valence-electron chi connectivity index (χ0n) is 19.7. The van der Waals surface area contributed by atoms with Gasteiger partial charge in [0, 0.05) is 17.8 Å². The number of carbonyl (C=O) groups excluding carboxylic acids is 2.